The van der Waals surface area contributed by atoms with Gasteiger partial charge in [0.2, 0.25) is 0 Å². The Morgan fingerprint density at radius 3 is 1.63 bits per heavy atom. The van der Waals surface area contributed by atoms with Gasteiger partial charge in [-0.1, -0.05) is 145 Å². The zero-order valence-corrected chi connectivity index (χ0v) is 23.0. The molecule has 200 valence electrons. The van der Waals surface area contributed by atoms with E-state index in [2.05, 4.69) is 66.7 Å². The maximum Gasteiger partial charge on any atom is 0.136 e. The van der Waals surface area contributed by atoms with Crippen LogP contribution in [0.15, 0.2) is 162 Å². The van der Waals surface area contributed by atoms with Crippen molar-refractivity contribution in [1.29, 1.82) is 0 Å². The zero-order chi connectivity index (χ0) is 32.7. The Bertz CT molecular complexity index is 2690. The van der Waals surface area contributed by atoms with E-state index < -0.39 is 6.04 Å². The van der Waals surface area contributed by atoms with E-state index in [0.29, 0.717) is 5.56 Å². The third-order valence-electron chi connectivity index (χ3n) is 8.55. The van der Waals surface area contributed by atoms with Gasteiger partial charge in [-0.15, -0.1) is 0 Å². The highest BCUT2D eigenvalue weighted by atomic mass is 16.3. The first-order chi connectivity index (χ1) is 23.4. The van der Waals surface area contributed by atoms with Gasteiger partial charge in [-0.05, 0) is 77.8 Å². The highest BCUT2D eigenvalue weighted by Crippen LogP contribution is 2.45. The van der Waals surface area contributed by atoms with Crippen LogP contribution < -0.4 is 0 Å². The van der Waals surface area contributed by atoms with Crippen molar-refractivity contribution in [1.82, 2.24) is 0 Å². The number of furan rings is 1. The summed E-state index contributed by atoms with van der Waals surface area (Å²) in [6.07, 6.45) is 0. The second-order valence-electron chi connectivity index (χ2n) is 10.9. The first-order valence-electron chi connectivity index (χ1n) is 16.9. The van der Waals surface area contributed by atoms with Crippen LogP contribution in [0.4, 0.5) is 0 Å². The fourth-order valence-corrected chi connectivity index (χ4v) is 6.73. The summed E-state index contributed by atoms with van der Waals surface area (Å²) in [5, 5.41) is 8.09. The third kappa shape index (κ3) is 3.65. The Kier molecular flexibility index (Phi) is 4.27. The quantitative estimate of drug-likeness (QED) is 0.199. The second kappa shape index (κ2) is 9.44. The van der Waals surface area contributed by atoms with Crippen molar-refractivity contribution in [3.63, 3.8) is 0 Å². The van der Waals surface area contributed by atoms with Crippen LogP contribution in [0.25, 0.3) is 87.6 Å². The van der Waals surface area contributed by atoms with Gasteiger partial charge in [0, 0.05) is 10.8 Å². The predicted molar refractivity (Wildman–Crippen MR) is 183 cm³/mol. The molecule has 0 radical (unpaired) electrons. The SMILES string of the molecule is [2H]c1c([2H])c([2H])c(-c2c3ccccc3c(-c3ccc(-c4cccc5oc6ccc7ccccc7c6c45)cc3)c3ccccc23)c([2H])c1[2H]. The van der Waals surface area contributed by atoms with Crippen molar-refractivity contribution in [2.45, 2.75) is 0 Å². The molecule has 0 fully saturated rings. The Hall–Kier alpha value is -5.66. The van der Waals surface area contributed by atoms with Crippen molar-refractivity contribution in [2.24, 2.45) is 0 Å². The van der Waals surface area contributed by atoms with Gasteiger partial charge in [0.05, 0.1) is 6.85 Å². The highest BCUT2D eigenvalue weighted by Gasteiger charge is 2.18. The maximum absolute atomic E-state index is 8.81. The second-order valence-corrected chi connectivity index (χ2v) is 10.9. The van der Waals surface area contributed by atoms with E-state index in [9.17, 15) is 0 Å². The molecular formula is C42H26O. The summed E-state index contributed by atoms with van der Waals surface area (Å²) < 4.78 is 48.9. The largest absolute Gasteiger partial charge is 0.456 e. The van der Waals surface area contributed by atoms with Crippen LogP contribution in [0, 0.1) is 0 Å². The van der Waals surface area contributed by atoms with Gasteiger partial charge in [-0.3, -0.25) is 0 Å². The molecule has 8 aromatic carbocycles. The number of fused-ring (bicyclic) bond motifs is 7. The molecule has 0 aliphatic heterocycles. The van der Waals surface area contributed by atoms with Gasteiger partial charge in [-0.25, -0.2) is 0 Å². The molecule has 0 amide bonds. The van der Waals surface area contributed by atoms with Crippen molar-refractivity contribution in [2.75, 3.05) is 0 Å². The molecular weight excluding hydrogens is 520 g/mol. The standard InChI is InChI=1S/C42H26O/c1-2-12-29(13-3-1)39-33-15-6-8-17-35(33)40(36-18-9-7-16-34(36)39)30-23-21-28(22-24-30)32-19-10-20-37-41(32)42-31-14-5-4-11-27(31)25-26-38(42)43-37/h1-26H/i1D,2D,3D,12D,13D. The highest BCUT2D eigenvalue weighted by molar-refractivity contribution is 6.23. The van der Waals surface area contributed by atoms with Crippen LogP contribution in [-0.4, -0.2) is 0 Å². The molecule has 1 heterocycles. The van der Waals surface area contributed by atoms with E-state index in [4.69, 9.17) is 11.3 Å². The van der Waals surface area contributed by atoms with E-state index in [0.717, 1.165) is 71.1 Å². The molecule has 9 aromatic rings. The lowest BCUT2D eigenvalue weighted by atomic mass is 9.85. The smallest absolute Gasteiger partial charge is 0.136 e. The Morgan fingerprint density at radius 1 is 0.395 bits per heavy atom. The van der Waals surface area contributed by atoms with Crippen molar-refractivity contribution < 1.29 is 11.3 Å². The fourth-order valence-electron chi connectivity index (χ4n) is 6.73. The first-order valence-corrected chi connectivity index (χ1v) is 14.4. The topological polar surface area (TPSA) is 13.1 Å². The van der Waals surface area contributed by atoms with Crippen molar-refractivity contribution in [3.05, 3.63) is 158 Å². The first kappa shape index (κ1) is 19.5. The summed E-state index contributed by atoms with van der Waals surface area (Å²) in [6.45, 7) is 0. The molecule has 0 spiro atoms. The van der Waals surface area contributed by atoms with Crippen LogP contribution in [0.5, 0.6) is 0 Å². The van der Waals surface area contributed by atoms with E-state index in [-0.39, 0.29) is 29.7 Å². The summed E-state index contributed by atoms with van der Waals surface area (Å²) in [6, 6.07) is 41.8. The van der Waals surface area contributed by atoms with Crippen molar-refractivity contribution in [3.8, 4) is 33.4 Å². The molecule has 43 heavy (non-hydrogen) atoms. The molecule has 1 nitrogen and oxygen atoms in total. The van der Waals surface area contributed by atoms with Gasteiger partial charge in [-0.2, -0.15) is 0 Å². The Balaban J connectivity index is 1.28. The van der Waals surface area contributed by atoms with Gasteiger partial charge in [0.1, 0.15) is 11.2 Å². The maximum atomic E-state index is 8.81. The average molecular weight is 552 g/mol. The summed E-state index contributed by atoms with van der Waals surface area (Å²) in [7, 11) is 0. The lowest BCUT2D eigenvalue weighted by molar-refractivity contribution is 0.669. The zero-order valence-electron chi connectivity index (χ0n) is 28.0. The van der Waals surface area contributed by atoms with Crippen LogP contribution in [0.1, 0.15) is 6.85 Å². The molecule has 0 N–H and O–H groups in total. The lowest BCUT2D eigenvalue weighted by Gasteiger charge is -2.18. The number of benzene rings is 8. The molecule has 9 rings (SSSR count). The molecule has 0 aliphatic rings. The van der Waals surface area contributed by atoms with E-state index in [1.165, 1.54) is 5.39 Å². The third-order valence-corrected chi connectivity index (χ3v) is 8.55. The molecule has 1 heteroatoms. The average Bonchev–Trinajstić information content (AvgIpc) is 3.53. The Labute approximate surface area is 256 Å². The molecule has 0 saturated carbocycles. The minimum absolute atomic E-state index is 0.206. The van der Waals surface area contributed by atoms with Crippen LogP contribution in [0.3, 0.4) is 0 Å². The summed E-state index contributed by atoms with van der Waals surface area (Å²) in [5.41, 5.74) is 6.79. The molecule has 0 atom stereocenters. The molecule has 0 bridgehead atoms. The lowest BCUT2D eigenvalue weighted by Crippen LogP contribution is -1.90. The van der Waals surface area contributed by atoms with E-state index >= 15 is 0 Å². The monoisotopic (exact) mass is 551 g/mol. The van der Waals surface area contributed by atoms with Crippen LogP contribution >= 0.6 is 0 Å². The number of hydrogen-bond acceptors (Lipinski definition) is 1. The van der Waals surface area contributed by atoms with Gasteiger partial charge in [0.25, 0.3) is 0 Å². The number of rotatable bonds is 3. The van der Waals surface area contributed by atoms with Gasteiger partial charge >= 0.3 is 0 Å². The molecule has 0 aliphatic carbocycles. The van der Waals surface area contributed by atoms with E-state index in [1.54, 1.807) is 0 Å². The summed E-state index contributed by atoms with van der Waals surface area (Å²) in [4.78, 5) is 0. The molecule has 0 unspecified atom stereocenters. The Morgan fingerprint density at radius 2 is 0.953 bits per heavy atom. The summed E-state index contributed by atoms with van der Waals surface area (Å²) >= 11 is 0. The number of hydrogen-bond donors (Lipinski definition) is 0. The minimum atomic E-state index is -0.397. The summed E-state index contributed by atoms with van der Waals surface area (Å²) in [5.74, 6) is 0. The van der Waals surface area contributed by atoms with Gasteiger partial charge < -0.3 is 4.42 Å². The van der Waals surface area contributed by atoms with Crippen molar-refractivity contribution >= 4 is 54.3 Å². The predicted octanol–water partition coefficient (Wildman–Crippen LogP) is 12.0. The molecule has 0 saturated heterocycles. The van der Waals surface area contributed by atoms with E-state index in [1.807, 2.05) is 60.7 Å². The normalized spacial score (nSPS) is 13.3. The van der Waals surface area contributed by atoms with Crippen LogP contribution in [-0.2, 0) is 0 Å². The fraction of sp³-hybridized carbons (Fsp3) is 0. The van der Waals surface area contributed by atoms with Crippen LogP contribution in [0.2, 0.25) is 0 Å². The molecule has 1 aromatic heterocycles. The van der Waals surface area contributed by atoms with Gasteiger partial charge in [0.15, 0.2) is 0 Å². The minimum Gasteiger partial charge on any atom is -0.456 e.